The van der Waals surface area contributed by atoms with Gasteiger partial charge in [-0.15, -0.1) is 0 Å². The SMILES string of the molecule is CSCCC(C)NS(=O)(=O)c1cc(C#CCN)ccc1C. The summed E-state index contributed by atoms with van der Waals surface area (Å²) in [5.41, 5.74) is 6.70. The number of nitrogens with one attached hydrogen (secondary N) is 1. The molecule has 0 spiro atoms. The fraction of sp³-hybridized carbons (Fsp3) is 0.467. The highest BCUT2D eigenvalue weighted by Gasteiger charge is 2.19. The summed E-state index contributed by atoms with van der Waals surface area (Å²) in [4.78, 5) is 0.280. The van der Waals surface area contributed by atoms with Gasteiger partial charge in [0.2, 0.25) is 10.0 Å². The van der Waals surface area contributed by atoms with Crippen molar-refractivity contribution in [1.82, 2.24) is 4.72 Å². The van der Waals surface area contributed by atoms with Crippen LogP contribution in [0.15, 0.2) is 23.1 Å². The van der Waals surface area contributed by atoms with Gasteiger partial charge < -0.3 is 5.73 Å². The molecule has 0 fully saturated rings. The Balaban J connectivity index is 3.01. The number of benzene rings is 1. The molecule has 1 atom stereocenters. The summed E-state index contributed by atoms with van der Waals surface area (Å²) < 4.78 is 27.6. The molecule has 21 heavy (non-hydrogen) atoms. The van der Waals surface area contributed by atoms with Crippen LogP contribution in [0, 0.1) is 18.8 Å². The molecule has 0 aliphatic heterocycles. The van der Waals surface area contributed by atoms with Gasteiger partial charge in [0.1, 0.15) is 0 Å². The van der Waals surface area contributed by atoms with Gasteiger partial charge in [0.25, 0.3) is 0 Å². The molecule has 0 saturated carbocycles. The Morgan fingerprint density at radius 1 is 1.43 bits per heavy atom. The summed E-state index contributed by atoms with van der Waals surface area (Å²) in [5, 5.41) is 0. The molecule has 0 radical (unpaired) electrons. The van der Waals surface area contributed by atoms with Crippen LogP contribution >= 0.6 is 11.8 Å². The van der Waals surface area contributed by atoms with E-state index in [-0.39, 0.29) is 17.5 Å². The number of hydrogen-bond acceptors (Lipinski definition) is 4. The summed E-state index contributed by atoms with van der Waals surface area (Å²) >= 11 is 1.70. The fourth-order valence-electron chi connectivity index (χ4n) is 1.80. The minimum Gasteiger partial charge on any atom is -0.320 e. The van der Waals surface area contributed by atoms with Crippen molar-refractivity contribution < 1.29 is 8.42 Å². The molecule has 1 rings (SSSR count). The predicted octanol–water partition coefficient (Wildman–Crippen LogP) is 1.73. The monoisotopic (exact) mass is 326 g/mol. The maximum Gasteiger partial charge on any atom is 0.241 e. The third kappa shape index (κ3) is 5.71. The third-order valence-corrected chi connectivity index (χ3v) is 5.30. The summed E-state index contributed by atoms with van der Waals surface area (Å²) in [6.07, 6.45) is 2.80. The van der Waals surface area contributed by atoms with Crippen molar-refractivity contribution in [3.05, 3.63) is 29.3 Å². The lowest BCUT2D eigenvalue weighted by atomic mass is 10.1. The number of rotatable bonds is 6. The van der Waals surface area contributed by atoms with Crippen molar-refractivity contribution in [3.63, 3.8) is 0 Å². The molecule has 1 aromatic carbocycles. The first kappa shape index (κ1) is 18.1. The highest BCUT2D eigenvalue weighted by Crippen LogP contribution is 2.17. The van der Waals surface area contributed by atoms with E-state index in [1.807, 2.05) is 13.2 Å². The number of thioether (sulfide) groups is 1. The summed E-state index contributed by atoms with van der Waals surface area (Å²) in [7, 11) is -3.53. The van der Waals surface area contributed by atoms with Gasteiger partial charge in [-0.05, 0) is 50.0 Å². The second-order valence-corrected chi connectivity index (χ2v) is 7.46. The zero-order valence-corrected chi connectivity index (χ0v) is 14.3. The van der Waals surface area contributed by atoms with Gasteiger partial charge in [-0.25, -0.2) is 13.1 Å². The lowest BCUT2D eigenvalue weighted by Gasteiger charge is -2.15. The van der Waals surface area contributed by atoms with E-state index >= 15 is 0 Å². The maximum absolute atomic E-state index is 12.5. The summed E-state index contributed by atoms with van der Waals surface area (Å²) in [6.45, 7) is 3.91. The third-order valence-electron chi connectivity index (χ3n) is 2.92. The number of nitrogens with two attached hydrogens (primary N) is 1. The average molecular weight is 326 g/mol. The molecule has 1 unspecified atom stereocenters. The van der Waals surface area contributed by atoms with E-state index in [1.165, 1.54) is 0 Å². The van der Waals surface area contributed by atoms with Gasteiger partial charge in [0, 0.05) is 11.6 Å². The highest BCUT2D eigenvalue weighted by atomic mass is 32.2. The van der Waals surface area contributed by atoms with Crippen LogP contribution in [0.1, 0.15) is 24.5 Å². The molecule has 0 amide bonds. The lowest BCUT2D eigenvalue weighted by Crippen LogP contribution is -2.33. The standard InChI is InChI=1S/C15H22N2O2S2/c1-12-6-7-14(5-4-9-16)11-15(12)21(18,19)17-13(2)8-10-20-3/h6-7,11,13,17H,8-10,16H2,1-3H3. The molecule has 0 saturated heterocycles. The van der Waals surface area contributed by atoms with Crippen LogP contribution in [0.2, 0.25) is 0 Å². The number of sulfonamides is 1. The molecular weight excluding hydrogens is 304 g/mol. The molecule has 116 valence electrons. The first-order valence-electron chi connectivity index (χ1n) is 6.71. The van der Waals surface area contributed by atoms with Crippen molar-refractivity contribution in [2.24, 2.45) is 5.73 Å². The Labute approximate surface area is 131 Å². The molecule has 0 bridgehead atoms. The normalized spacial score (nSPS) is 12.6. The molecule has 0 aliphatic carbocycles. The Kier molecular flexibility index (Phi) is 7.26. The topological polar surface area (TPSA) is 72.2 Å². The Bertz CT molecular complexity index is 631. The molecular formula is C15H22N2O2S2. The van der Waals surface area contributed by atoms with Gasteiger partial charge in [-0.3, -0.25) is 0 Å². The Morgan fingerprint density at radius 3 is 2.76 bits per heavy atom. The van der Waals surface area contributed by atoms with Crippen LogP contribution in [0.4, 0.5) is 0 Å². The number of aryl methyl sites for hydroxylation is 1. The van der Waals surface area contributed by atoms with Crippen LogP contribution in [0.3, 0.4) is 0 Å². The summed E-state index contributed by atoms with van der Waals surface area (Å²) in [6, 6.07) is 5.07. The van der Waals surface area contributed by atoms with E-state index in [0.29, 0.717) is 11.1 Å². The minimum absolute atomic E-state index is 0.0966. The predicted molar refractivity (Wildman–Crippen MR) is 89.9 cm³/mol. The van der Waals surface area contributed by atoms with E-state index in [9.17, 15) is 8.42 Å². The first-order chi connectivity index (χ1) is 9.90. The molecule has 0 aliphatic rings. The van der Waals surface area contributed by atoms with Gasteiger partial charge in [0.05, 0.1) is 11.4 Å². The molecule has 0 aromatic heterocycles. The zero-order valence-electron chi connectivity index (χ0n) is 12.6. The molecule has 0 heterocycles. The van der Waals surface area contributed by atoms with Crippen molar-refractivity contribution in [2.45, 2.75) is 31.2 Å². The molecule has 6 heteroatoms. The minimum atomic E-state index is -3.53. The van der Waals surface area contributed by atoms with Crippen LogP contribution in [-0.2, 0) is 10.0 Å². The fourth-order valence-corrected chi connectivity index (χ4v) is 3.94. The van der Waals surface area contributed by atoms with Crippen LogP contribution in [0.25, 0.3) is 0 Å². The van der Waals surface area contributed by atoms with Crippen LogP contribution < -0.4 is 10.5 Å². The highest BCUT2D eigenvalue weighted by molar-refractivity contribution is 7.98. The maximum atomic E-state index is 12.5. The Hall–Kier alpha value is -1.00. The second kappa shape index (κ2) is 8.44. The van der Waals surface area contributed by atoms with Crippen LogP contribution in [-0.4, -0.2) is 33.0 Å². The van der Waals surface area contributed by atoms with Crippen molar-refractivity contribution >= 4 is 21.8 Å². The van der Waals surface area contributed by atoms with E-state index in [2.05, 4.69) is 16.6 Å². The van der Waals surface area contributed by atoms with Gasteiger partial charge in [0.15, 0.2) is 0 Å². The van der Waals surface area contributed by atoms with Crippen molar-refractivity contribution in [2.75, 3.05) is 18.6 Å². The molecule has 4 nitrogen and oxygen atoms in total. The van der Waals surface area contributed by atoms with Crippen molar-refractivity contribution in [1.29, 1.82) is 0 Å². The summed E-state index contributed by atoms with van der Waals surface area (Å²) in [5.74, 6) is 6.51. The molecule has 1 aromatic rings. The largest absolute Gasteiger partial charge is 0.320 e. The first-order valence-corrected chi connectivity index (χ1v) is 9.59. The van der Waals surface area contributed by atoms with E-state index < -0.39 is 10.0 Å². The molecule has 3 N–H and O–H groups in total. The van der Waals surface area contributed by atoms with E-state index in [0.717, 1.165) is 12.2 Å². The van der Waals surface area contributed by atoms with Gasteiger partial charge >= 0.3 is 0 Å². The second-order valence-electron chi connectivity index (χ2n) is 4.79. The van der Waals surface area contributed by atoms with Crippen molar-refractivity contribution in [3.8, 4) is 11.8 Å². The smallest absolute Gasteiger partial charge is 0.241 e. The van der Waals surface area contributed by atoms with Gasteiger partial charge in [-0.1, -0.05) is 17.9 Å². The quantitative estimate of drug-likeness (QED) is 0.781. The van der Waals surface area contributed by atoms with E-state index in [4.69, 9.17) is 5.73 Å². The van der Waals surface area contributed by atoms with Gasteiger partial charge in [-0.2, -0.15) is 11.8 Å². The number of hydrogen-bond donors (Lipinski definition) is 2. The zero-order chi connectivity index (χ0) is 15.9. The lowest BCUT2D eigenvalue weighted by molar-refractivity contribution is 0.556. The van der Waals surface area contributed by atoms with E-state index in [1.54, 1.807) is 36.9 Å². The Morgan fingerprint density at radius 2 is 2.14 bits per heavy atom. The average Bonchev–Trinajstić information content (AvgIpc) is 2.43. The van der Waals surface area contributed by atoms with Crippen LogP contribution in [0.5, 0.6) is 0 Å².